The first-order valence-electron chi connectivity index (χ1n) is 11.2. The smallest absolute Gasteiger partial charge is 0.257 e. The molecule has 1 aliphatic rings. The fraction of sp³-hybridized carbons (Fsp3) is 0.280. The van der Waals surface area contributed by atoms with Gasteiger partial charge in [0.05, 0.1) is 11.4 Å². The number of carbonyl (C=O) groups is 1. The fourth-order valence-electron chi connectivity index (χ4n) is 3.91. The lowest BCUT2D eigenvalue weighted by atomic mass is 10.1. The molecule has 1 N–H and O–H groups in total. The van der Waals surface area contributed by atoms with Crippen molar-refractivity contribution in [3.8, 4) is 11.3 Å². The Morgan fingerprint density at radius 1 is 0.939 bits per heavy atom. The Balaban J connectivity index is 1.16. The van der Waals surface area contributed by atoms with Crippen LogP contribution in [0.4, 0.5) is 11.5 Å². The first kappa shape index (κ1) is 21.5. The lowest BCUT2D eigenvalue weighted by Crippen LogP contribution is -2.25. The number of fused-ring (bicyclic) bond motifs is 1. The SMILES string of the molecule is O=C(CSc1nc2ccccc2o1)Nc1ccc(-c2ccc(N3CCCCCC3)nn2)cc1. The van der Waals surface area contributed by atoms with Gasteiger partial charge in [-0.3, -0.25) is 4.79 Å². The van der Waals surface area contributed by atoms with Gasteiger partial charge in [-0.2, -0.15) is 0 Å². The molecular weight excluding hydrogens is 434 g/mol. The Morgan fingerprint density at radius 3 is 2.45 bits per heavy atom. The zero-order valence-electron chi connectivity index (χ0n) is 18.2. The van der Waals surface area contributed by atoms with Gasteiger partial charge in [-0.15, -0.1) is 10.2 Å². The lowest BCUT2D eigenvalue weighted by molar-refractivity contribution is -0.113. The van der Waals surface area contributed by atoms with Crippen LogP contribution in [-0.2, 0) is 4.79 Å². The molecule has 0 aliphatic carbocycles. The lowest BCUT2D eigenvalue weighted by Gasteiger charge is -2.20. The molecule has 5 rings (SSSR count). The van der Waals surface area contributed by atoms with Gasteiger partial charge in [0.15, 0.2) is 11.4 Å². The van der Waals surface area contributed by atoms with Gasteiger partial charge < -0.3 is 14.6 Å². The van der Waals surface area contributed by atoms with E-state index >= 15 is 0 Å². The van der Waals surface area contributed by atoms with E-state index in [0.717, 1.165) is 47.0 Å². The Kier molecular flexibility index (Phi) is 6.53. The van der Waals surface area contributed by atoms with Crippen molar-refractivity contribution < 1.29 is 9.21 Å². The predicted molar refractivity (Wildman–Crippen MR) is 132 cm³/mol. The number of amides is 1. The highest BCUT2D eigenvalue weighted by Crippen LogP contribution is 2.24. The van der Waals surface area contributed by atoms with E-state index in [1.165, 1.54) is 37.4 Å². The molecular formula is C25H25N5O2S. The second-order valence-corrected chi connectivity index (χ2v) is 8.97. The number of nitrogens with zero attached hydrogens (tertiary/aromatic N) is 4. The highest BCUT2D eigenvalue weighted by Gasteiger charge is 2.12. The van der Waals surface area contributed by atoms with Crippen LogP contribution in [0.1, 0.15) is 25.7 Å². The molecule has 168 valence electrons. The first-order chi connectivity index (χ1) is 16.2. The minimum absolute atomic E-state index is 0.114. The van der Waals surface area contributed by atoms with E-state index in [1.54, 1.807) is 0 Å². The molecule has 1 aliphatic heterocycles. The van der Waals surface area contributed by atoms with Gasteiger partial charge in [-0.1, -0.05) is 48.9 Å². The van der Waals surface area contributed by atoms with Crippen LogP contribution in [0.25, 0.3) is 22.4 Å². The number of carbonyl (C=O) groups excluding carboxylic acids is 1. The number of hydrogen-bond acceptors (Lipinski definition) is 7. The second-order valence-electron chi connectivity index (χ2n) is 8.04. The van der Waals surface area contributed by atoms with Crippen LogP contribution >= 0.6 is 11.8 Å². The van der Waals surface area contributed by atoms with E-state index in [4.69, 9.17) is 4.42 Å². The van der Waals surface area contributed by atoms with E-state index in [-0.39, 0.29) is 11.7 Å². The van der Waals surface area contributed by atoms with E-state index in [2.05, 4.69) is 25.4 Å². The Morgan fingerprint density at radius 2 is 1.73 bits per heavy atom. The molecule has 2 aromatic carbocycles. The average Bonchev–Trinajstić information content (AvgIpc) is 3.07. The zero-order chi connectivity index (χ0) is 22.5. The van der Waals surface area contributed by atoms with Crippen LogP contribution in [0.2, 0.25) is 0 Å². The van der Waals surface area contributed by atoms with Crippen LogP contribution in [-0.4, -0.2) is 39.9 Å². The number of thioether (sulfide) groups is 1. The normalized spacial score (nSPS) is 14.2. The third-order valence-electron chi connectivity index (χ3n) is 5.65. The summed E-state index contributed by atoms with van der Waals surface area (Å²) < 4.78 is 5.64. The van der Waals surface area contributed by atoms with E-state index in [9.17, 15) is 4.79 Å². The monoisotopic (exact) mass is 459 g/mol. The summed E-state index contributed by atoms with van der Waals surface area (Å²) in [6.07, 6.45) is 5.01. The molecule has 0 atom stereocenters. The number of aromatic nitrogens is 3. The van der Waals surface area contributed by atoms with Crippen molar-refractivity contribution in [2.24, 2.45) is 0 Å². The van der Waals surface area contributed by atoms with Crippen LogP contribution in [0.3, 0.4) is 0 Å². The minimum atomic E-state index is -0.114. The van der Waals surface area contributed by atoms with Crippen LogP contribution in [0.15, 0.2) is 70.3 Å². The average molecular weight is 460 g/mol. The fourth-order valence-corrected chi connectivity index (χ4v) is 4.55. The summed E-state index contributed by atoms with van der Waals surface area (Å²) in [4.78, 5) is 19.0. The Hall–Kier alpha value is -3.39. The summed E-state index contributed by atoms with van der Waals surface area (Å²) in [5, 5.41) is 12.3. The Bertz CT molecular complexity index is 1180. The summed E-state index contributed by atoms with van der Waals surface area (Å²) in [5.41, 5.74) is 4.02. The molecule has 0 radical (unpaired) electrons. The molecule has 7 nitrogen and oxygen atoms in total. The van der Waals surface area contributed by atoms with Gasteiger partial charge in [0.25, 0.3) is 5.22 Å². The van der Waals surface area contributed by atoms with E-state index in [0.29, 0.717) is 5.22 Å². The number of nitrogens with one attached hydrogen (secondary N) is 1. The minimum Gasteiger partial charge on any atom is -0.431 e. The summed E-state index contributed by atoms with van der Waals surface area (Å²) in [6, 6.07) is 19.3. The third-order valence-corrected chi connectivity index (χ3v) is 6.47. The number of benzene rings is 2. The number of rotatable bonds is 6. The number of anilines is 2. The quantitative estimate of drug-likeness (QED) is 0.387. The maximum Gasteiger partial charge on any atom is 0.257 e. The van der Waals surface area contributed by atoms with Gasteiger partial charge in [0.1, 0.15) is 5.52 Å². The van der Waals surface area contributed by atoms with Gasteiger partial charge in [0.2, 0.25) is 5.91 Å². The molecule has 1 fully saturated rings. The van der Waals surface area contributed by atoms with E-state index < -0.39 is 0 Å². The molecule has 3 heterocycles. The number of oxazole rings is 1. The molecule has 4 aromatic rings. The zero-order valence-corrected chi connectivity index (χ0v) is 19.1. The summed E-state index contributed by atoms with van der Waals surface area (Å²) in [5.74, 6) is 1.05. The second kappa shape index (κ2) is 10.0. The molecule has 8 heteroatoms. The van der Waals surface area contributed by atoms with Crippen molar-refractivity contribution >= 4 is 40.3 Å². The highest BCUT2D eigenvalue weighted by atomic mass is 32.2. The molecule has 0 saturated carbocycles. The molecule has 0 unspecified atom stereocenters. The standard InChI is InChI=1S/C25H25N5O2S/c31-24(17-33-25-27-21-7-3-4-8-22(21)32-25)26-19-11-9-18(10-12-19)20-13-14-23(29-28-20)30-15-5-1-2-6-16-30/h3-4,7-14H,1-2,5-6,15-17H2,(H,26,31). The van der Waals surface area contributed by atoms with Crippen LogP contribution in [0, 0.1) is 0 Å². The largest absolute Gasteiger partial charge is 0.431 e. The summed E-state index contributed by atoms with van der Waals surface area (Å²) in [6.45, 7) is 2.10. The van der Waals surface area contributed by atoms with Crippen molar-refractivity contribution in [1.29, 1.82) is 0 Å². The molecule has 33 heavy (non-hydrogen) atoms. The molecule has 2 aromatic heterocycles. The molecule has 1 amide bonds. The van der Waals surface area contributed by atoms with E-state index in [1.807, 2.05) is 60.7 Å². The van der Waals surface area contributed by atoms with Gasteiger partial charge in [0, 0.05) is 24.3 Å². The highest BCUT2D eigenvalue weighted by molar-refractivity contribution is 7.99. The molecule has 1 saturated heterocycles. The Labute approximate surface area is 196 Å². The third kappa shape index (κ3) is 5.34. The first-order valence-corrected chi connectivity index (χ1v) is 12.2. The number of para-hydroxylation sites is 2. The van der Waals surface area contributed by atoms with Crippen molar-refractivity contribution in [3.05, 3.63) is 60.7 Å². The number of hydrogen-bond donors (Lipinski definition) is 1. The predicted octanol–water partition coefficient (Wildman–Crippen LogP) is 5.40. The van der Waals surface area contributed by atoms with Crippen molar-refractivity contribution in [2.75, 3.05) is 29.1 Å². The van der Waals surface area contributed by atoms with Crippen molar-refractivity contribution in [1.82, 2.24) is 15.2 Å². The van der Waals surface area contributed by atoms with Gasteiger partial charge >= 0.3 is 0 Å². The van der Waals surface area contributed by atoms with Crippen molar-refractivity contribution in [3.63, 3.8) is 0 Å². The van der Waals surface area contributed by atoms with Gasteiger partial charge in [-0.05, 0) is 49.2 Å². The topological polar surface area (TPSA) is 84.2 Å². The van der Waals surface area contributed by atoms with Crippen LogP contribution in [0.5, 0.6) is 0 Å². The summed E-state index contributed by atoms with van der Waals surface area (Å²) >= 11 is 1.28. The molecule has 0 bridgehead atoms. The maximum atomic E-state index is 12.3. The van der Waals surface area contributed by atoms with Gasteiger partial charge in [-0.25, -0.2) is 4.98 Å². The summed E-state index contributed by atoms with van der Waals surface area (Å²) in [7, 11) is 0. The van der Waals surface area contributed by atoms with Crippen LogP contribution < -0.4 is 10.2 Å². The van der Waals surface area contributed by atoms with Crippen molar-refractivity contribution in [2.45, 2.75) is 30.9 Å². The maximum absolute atomic E-state index is 12.3. The molecule has 0 spiro atoms.